The highest BCUT2D eigenvalue weighted by atomic mass is 127. The van der Waals surface area contributed by atoms with Crippen molar-refractivity contribution in [1.82, 2.24) is 10.7 Å². The molecular formula is C29H31IN4O6. The Hall–Kier alpha value is -4.13. The van der Waals surface area contributed by atoms with E-state index >= 15 is 0 Å². The molecular weight excluding hydrogens is 627 g/mol. The molecule has 3 amide bonds. The molecule has 3 rings (SSSR count). The lowest BCUT2D eigenvalue weighted by Crippen LogP contribution is -2.37. The van der Waals surface area contributed by atoms with E-state index in [0.29, 0.717) is 38.7 Å². The van der Waals surface area contributed by atoms with Crippen LogP contribution in [-0.4, -0.2) is 44.3 Å². The van der Waals surface area contributed by atoms with E-state index in [0.717, 1.165) is 12.0 Å². The van der Waals surface area contributed by atoms with Crippen LogP contribution >= 0.6 is 22.6 Å². The van der Waals surface area contributed by atoms with Crippen molar-refractivity contribution in [2.45, 2.75) is 26.8 Å². The molecule has 0 radical (unpaired) electrons. The SMILES string of the molecule is CCOc1cc(/C=N\NC(=O)C(=O)NCc2ccc(OC)cc2)cc(I)c1OCC(=O)Nc1ccc(CC)cc1. The molecule has 0 aromatic heterocycles. The highest BCUT2D eigenvalue weighted by Gasteiger charge is 2.15. The van der Waals surface area contributed by atoms with Gasteiger partial charge in [-0.3, -0.25) is 14.4 Å². The van der Waals surface area contributed by atoms with E-state index in [4.69, 9.17) is 14.2 Å². The van der Waals surface area contributed by atoms with Crippen LogP contribution in [0.25, 0.3) is 0 Å². The summed E-state index contributed by atoms with van der Waals surface area (Å²) < 4.78 is 17.3. The zero-order valence-corrected chi connectivity index (χ0v) is 24.6. The Morgan fingerprint density at radius 1 is 0.925 bits per heavy atom. The topological polar surface area (TPSA) is 127 Å². The first kappa shape index (κ1) is 30.4. The molecule has 40 heavy (non-hydrogen) atoms. The Labute approximate surface area is 246 Å². The summed E-state index contributed by atoms with van der Waals surface area (Å²) in [6, 6.07) is 18.2. The van der Waals surface area contributed by atoms with Crippen molar-refractivity contribution in [2.75, 3.05) is 25.6 Å². The first-order valence-electron chi connectivity index (χ1n) is 12.5. The number of methoxy groups -OCH3 is 1. The predicted octanol–water partition coefficient (Wildman–Crippen LogP) is 4.04. The standard InChI is InChI=1S/C29H31IN4O6/c1-4-19-6-10-22(11-7-19)33-26(35)18-40-27-24(30)14-21(15-25(27)39-5-2)17-32-34-29(37)28(36)31-16-20-8-12-23(38-3)13-9-20/h6-15,17H,4-5,16,18H2,1-3H3,(H,31,36)(H,33,35)(H,34,37)/b32-17-. The minimum Gasteiger partial charge on any atom is -0.497 e. The molecule has 0 bridgehead atoms. The molecule has 0 aliphatic carbocycles. The molecule has 0 aliphatic rings. The summed E-state index contributed by atoms with van der Waals surface area (Å²) in [5.41, 5.74) is 5.49. The molecule has 0 fully saturated rings. The van der Waals surface area contributed by atoms with Crippen molar-refractivity contribution in [3.05, 3.63) is 80.9 Å². The fourth-order valence-electron chi connectivity index (χ4n) is 3.45. The second-order valence-electron chi connectivity index (χ2n) is 8.38. The molecule has 0 unspecified atom stereocenters. The van der Waals surface area contributed by atoms with Crippen molar-refractivity contribution in [1.29, 1.82) is 0 Å². The molecule has 11 heteroatoms. The molecule has 0 saturated carbocycles. The number of hydrazone groups is 1. The Kier molecular flexibility index (Phi) is 11.8. The van der Waals surface area contributed by atoms with Crippen molar-refractivity contribution in [3.8, 4) is 17.2 Å². The van der Waals surface area contributed by atoms with E-state index in [1.807, 2.05) is 31.2 Å². The average molecular weight is 658 g/mol. The Balaban J connectivity index is 1.55. The molecule has 0 saturated heterocycles. The first-order chi connectivity index (χ1) is 19.3. The molecule has 3 aromatic carbocycles. The molecule has 3 aromatic rings. The molecule has 10 nitrogen and oxygen atoms in total. The van der Waals surface area contributed by atoms with Gasteiger partial charge in [0.1, 0.15) is 5.75 Å². The molecule has 0 spiro atoms. The van der Waals surface area contributed by atoms with Crippen molar-refractivity contribution in [3.63, 3.8) is 0 Å². The maximum absolute atomic E-state index is 12.4. The number of nitrogens with zero attached hydrogens (tertiary/aromatic N) is 1. The van der Waals surface area contributed by atoms with E-state index in [9.17, 15) is 14.4 Å². The Morgan fingerprint density at radius 2 is 1.62 bits per heavy atom. The summed E-state index contributed by atoms with van der Waals surface area (Å²) in [5.74, 6) is -0.498. The van der Waals surface area contributed by atoms with Crippen LogP contribution in [0.1, 0.15) is 30.5 Å². The van der Waals surface area contributed by atoms with E-state index in [2.05, 4.69) is 50.7 Å². The van der Waals surface area contributed by atoms with Crippen LogP contribution in [0.3, 0.4) is 0 Å². The minimum absolute atomic E-state index is 0.181. The van der Waals surface area contributed by atoms with Crippen LogP contribution in [-0.2, 0) is 27.3 Å². The van der Waals surface area contributed by atoms with Crippen LogP contribution in [0, 0.1) is 3.57 Å². The summed E-state index contributed by atoms with van der Waals surface area (Å²) in [7, 11) is 1.57. The number of hydrogen-bond acceptors (Lipinski definition) is 7. The van der Waals surface area contributed by atoms with Gasteiger partial charge >= 0.3 is 11.8 Å². The average Bonchev–Trinajstić information content (AvgIpc) is 2.96. The fraction of sp³-hybridized carbons (Fsp3) is 0.241. The normalized spacial score (nSPS) is 10.6. The van der Waals surface area contributed by atoms with Gasteiger partial charge in [0, 0.05) is 12.2 Å². The molecule has 210 valence electrons. The van der Waals surface area contributed by atoms with Crippen molar-refractivity contribution < 1.29 is 28.6 Å². The van der Waals surface area contributed by atoms with E-state index in [1.54, 1.807) is 43.5 Å². The highest BCUT2D eigenvalue weighted by molar-refractivity contribution is 14.1. The lowest BCUT2D eigenvalue weighted by molar-refractivity contribution is -0.139. The summed E-state index contributed by atoms with van der Waals surface area (Å²) in [6.45, 7) is 4.24. The number of nitrogens with one attached hydrogen (secondary N) is 3. The largest absolute Gasteiger partial charge is 0.497 e. The number of ether oxygens (including phenoxy) is 3. The molecule has 0 aliphatic heterocycles. The van der Waals surface area contributed by atoms with Crippen LogP contribution in [0.15, 0.2) is 65.8 Å². The van der Waals surface area contributed by atoms with Gasteiger partial charge in [0.25, 0.3) is 5.91 Å². The zero-order valence-electron chi connectivity index (χ0n) is 22.5. The van der Waals surface area contributed by atoms with Gasteiger partial charge in [0.2, 0.25) is 0 Å². The summed E-state index contributed by atoms with van der Waals surface area (Å²) in [5, 5.41) is 9.22. The number of halogens is 1. The van der Waals surface area contributed by atoms with Crippen molar-refractivity contribution >= 4 is 52.2 Å². The first-order valence-corrected chi connectivity index (χ1v) is 13.6. The summed E-state index contributed by atoms with van der Waals surface area (Å²) in [4.78, 5) is 36.6. The minimum atomic E-state index is -0.903. The number of benzene rings is 3. The van der Waals surface area contributed by atoms with E-state index in [-0.39, 0.29) is 19.1 Å². The van der Waals surface area contributed by atoms with Gasteiger partial charge in [-0.25, -0.2) is 5.43 Å². The van der Waals surface area contributed by atoms with Crippen LogP contribution in [0.4, 0.5) is 5.69 Å². The Bertz CT molecular complexity index is 1340. The number of amides is 3. The van der Waals surface area contributed by atoms with Gasteiger partial charge in [-0.05, 0) is 89.0 Å². The van der Waals surface area contributed by atoms with Gasteiger partial charge in [-0.2, -0.15) is 5.10 Å². The lowest BCUT2D eigenvalue weighted by atomic mass is 10.1. The zero-order chi connectivity index (χ0) is 28.9. The monoisotopic (exact) mass is 658 g/mol. The fourth-order valence-corrected chi connectivity index (χ4v) is 4.23. The van der Waals surface area contributed by atoms with Crippen LogP contribution < -0.4 is 30.3 Å². The second-order valence-corrected chi connectivity index (χ2v) is 9.54. The van der Waals surface area contributed by atoms with Crippen LogP contribution in [0.5, 0.6) is 17.2 Å². The molecule has 0 atom stereocenters. The lowest BCUT2D eigenvalue weighted by Gasteiger charge is -2.14. The number of carbonyl (C=O) groups is 3. The van der Waals surface area contributed by atoms with Crippen molar-refractivity contribution in [2.24, 2.45) is 5.10 Å². The third-order valence-corrected chi connectivity index (χ3v) is 6.32. The third-order valence-electron chi connectivity index (χ3n) is 5.52. The smallest absolute Gasteiger partial charge is 0.329 e. The number of carbonyl (C=O) groups excluding carboxylic acids is 3. The highest BCUT2D eigenvalue weighted by Crippen LogP contribution is 2.34. The van der Waals surface area contributed by atoms with Gasteiger partial charge in [0.05, 0.1) is 23.5 Å². The number of rotatable bonds is 12. The molecule has 0 heterocycles. The maximum Gasteiger partial charge on any atom is 0.329 e. The number of hydrogen-bond donors (Lipinski definition) is 3. The predicted molar refractivity (Wildman–Crippen MR) is 161 cm³/mol. The Morgan fingerprint density at radius 3 is 2.27 bits per heavy atom. The second kappa shape index (κ2) is 15.5. The number of aryl methyl sites for hydroxylation is 1. The summed E-state index contributed by atoms with van der Waals surface area (Å²) >= 11 is 2.07. The summed E-state index contributed by atoms with van der Waals surface area (Å²) in [6.07, 6.45) is 2.31. The number of anilines is 1. The van der Waals surface area contributed by atoms with E-state index in [1.165, 1.54) is 11.8 Å². The third kappa shape index (κ3) is 9.26. The van der Waals surface area contributed by atoms with Crippen LogP contribution in [0.2, 0.25) is 0 Å². The molecule has 3 N–H and O–H groups in total. The van der Waals surface area contributed by atoms with Gasteiger partial charge < -0.3 is 24.8 Å². The quantitative estimate of drug-likeness (QED) is 0.117. The van der Waals surface area contributed by atoms with E-state index < -0.39 is 11.8 Å². The van der Waals surface area contributed by atoms with Gasteiger partial charge in [-0.1, -0.05) is 31.2 Å². The maximum atomic E-state index is 12.4. The van der Waals surface area contributed by atoms with Gasteiger partial charge in [0.15, 0.2) is 18.1 Å². The van der Waals surface area contributed by atoms with Gasteiger partial charge in [-0.15, -0.1) is 0 Å².